The van der Waals surface area contributed by atoms with Crippen LogP contribution in [0.1, 0.15) is 319 Å². The third-order valence-electron chi connectivity index (χ3n) is 28.1. The second kappa shape index (κ2) is 40.9. The number of esters is 9. The molecule has 2 aliphatic heterocycles. The van der Waals surface area contributed by atoms with Gasteiger partial charge in [0.25, 0.3) is 0 Å². The van der Waals surface area contributed by atoms with Gasteiger partial charge in [-0.2, -0.15) is 0 Å². The second-order valence-corrected chi connectivity index (χ2v) is 40.3. The predicted octanol–water partition coefficient (Wildman–Crippen LogP) is 19.6. The van der Waals surface area contributed by atoms with E-state index in [0.29, 0.717) is 71.4 Å². The molecule has 660 valence electrons. The van der Waals surface area contributed by atoms with E-state index in [-0.39, 0.29) is 146 Å². The Balaban J connectivity index is 0.000000242. The van der Waals surface area contributed by atoms with Crippen LogP contribution >= 0.6 is 0 Å². The zero-order valence-corrected chi connectivity index (χ0v) is 76.5. The lowest BCUT2D eigenvalue weighted by molar-refractivity contribution is -0.189. The summed E-state index contributed by atoms with van der Waals surface area (Å²) in [6.07, 6.45) is 25.2. The predicted molar refractivity (Wildman–Crippen MR) is 449 cm³/mol. The van der Waals surface area contributed by atoms with E-state index in [9.17, 15) is 43.2 Å². The van der Waals surface area contributed by atoms with Crippen molar-refractivity contribution in [2.45, 2.75) is 372 Å². The minimum atomic E-state index is -0.455. The highest BCUT2D eigenvalue weighted by Crippen LogP contribution is 2.58. The summed E-state index contributed by atoms with van der Waals surface area (Å²) in [5.74, 6) is -0.0996. The fourth-order valence-electron chi connectivity index (χ4n) is 19.1. The van der Waals surface area contributed by atoms with Gasteiger partial charge < -0.3 is 56.8 Å². The van der Waals surface area contributed by atoms with E-state index >= 15 is 0 Å². The van der Waals surface area contributed by atoms with Crippen molar-refractivity contribution in [3.8, 4) is 0 Å². The van der Waals surface area contributed by atoms with Gasteiger partial charge >= 0.3 is 53.7 Å². The van der Waals surface area contributed by atoms with Gasteiger partial charge in [-0.25, -0.2) is 24.0 Å². The molecular formula is C95H154O21. The maximum absolute atomic E-state index is 12.4. The first-order valence-electron chi connectivity index (χ1n) is 43.4. The molecule has 0 aromatic carbocycles. The lowest BCUT2D eigenvalue weighted by atomic mass is 9.73. The van der Waals surface area contributed by atoms with Crippen molar-refractivity contribution in [1.82, 2.24) is 0 Å². The Hall–Kier alpha value is -6.19. The molecule has 21 nitrogen and oxygen atoms in total. The molecule has 2 saturated heterocycles. The lowest BCUT2D eigenvalue weighted by Crippen LogP contribution is -2.50. The van der Waals surface area contributed by atoms with Crippen LogP contribution < -0.4 is 0 Å². The average molecular weight is 1630 g/mol. The summed E-state index contributed by atoms with van der Waals surface area (Å²) < 4.78 is 66.4. The summed E-state index contributed by atoms with van der Waals surface area (Å²) in [4.78, 5) is 106. The van der Waals surface area contributed by atoms with Crippen LogP contribution in [0.25, 0.3) is 0 Å². The molecule has 11 aliphatic rings. The number of fused-ring (bicyclic) bond motifs is 2. The first-order chi connectivity index (χ1) is 53.7. The smallest absolute Gasteiger partial charge is 0.333 e. The number of methoxy groups -OCH3 is 3. The van der Waals surface area contributed by atoms with Crippen molar-refractivity contribution in [3.05, 3.63) is 60.8 Å². The molecular weight excluding hydrogens is 1480 g/mol. The topological polar surface area (TPSA) is 264 Å². The molecule has 2 heterocycles. The summed E-state index contributed by atoms with van der Waals surface area (Å²) in [6, 6.07) is 0. The Morgan fingerprint density at radius 1 is 0.388 bits per heavy atom. The van der Waals surface area contributed by atoms with Gasteiger partial charge in [-0.3, -0.25) is 19.2 Å². The highest BCUT2D eigenvalue weighted by atomic mass is 16.6. The molecule has 4 bridgehead atoms. The molecule has 9 saturated carbocycles. The number of hydrogen-bond acceptors (Lipinski definition) is 21. The van der Waals surface area contributed by atoms with E-state index in [0.717, 1.165) is 154 Å². The van der Waals surface area contributed by atoms with Crippen LogP contribution in [-0.2, 0) is 100.0 Å². The fraction of sp³-hybridized carbons (Fsp3) is 0.800. The molecule has 0 radical (unpaired) electrons. The molecule has 0 spiro atoms. The Kier molecular flexibility index (Phi) is 35.4. The molecule has 21 heteroatoms. The highest BCUT2D eigenvalue weighted by molar-refractivity contribution is 5.89. The maximum atomic E-state index is 12.4. The van der Waals surface area contributed by atoms with Gasteiger partial charge in [0.1, 0.15) is 52.4 Å². The van der Waals surface area contributed by atoms with Gasteiger partial charge in [0, 0.05) is 94.5 Å². The van der Waals surface area contributed by atoms with E-state index < -0.39 is 10.8 Å². The first-order valence-corrected chi connectivity index (χ1v) is 43.4. The number of ether oxygens (including phenoxy) is 12. The molecule has 0 aromatic rings. The van der Waals surface area contributed by atoms with Crippen molar-refractivity contribution in [3.63, 3.8) is 0 Å². The van der Waals surface area contributed by atoms with Gasteiger partial charge in [-0.1, -0.05) is 123 Å². The summed E-state index contributed by atoms with van der Waals surface area (Å²) in [7, 11) is 5.08. The van der Waals surface area contributed by atoms with Gasteiger partial charge in [0.05, 0.1) is 42.5 Å². The number of carbonyl (C=O) groups is 9. The molecule has 0 amide bonds. The second-order valence-electron chi connectivity index (χ2n) is 40.3. The SMILES string of the molecule is C=C(C)C(=O)OC1(C(C)(C)C)CCCC1.C=C(C)C(=O)OC1(C(C)(C)COC)CCCC1.C=C(C)C(=O)OC1(C(C)(C)COC)CCCC1.C=C(C)C(=O)OC1(C(C)C)CCCC1.C=C(C)C(=O)OC1C2CC3C(=O)OC1C3C2.CCC(C)(C)C(=O)OC1(C(C)(C)COC)CCCC1.CCC(C)(C)C(=O)OC1C2CC3C(=O)OC1C3C2. The minimum Gasteiger partial charge on any atom is -0.458 e. The molecule has 0 aromatic heterocycles. The maximum Gasteiger partial charge on any atom is 0.333 e. The van der Waals surface area contributed by atoms with E-state index in [1.54, 1.807) is 55.9 Å². The molecule has 11 rings (SSSR count). The molecule has 11 fully saturated rings. The van der Waals surface area contributed by atoms with Crippen LogP contribution in [0.15, 0.2) is 60.8 Å². The van der Waals surface area contributed by atoms with E-state index in [1.807, 2.05) is 41.5 Å². The van der Waals surface area contributed by atoms with Crippen LogP contribution in [0, 0.1) is 73.9 Å². The fourth-order valence-corrected chi connectivity index (χ4v) is 19.1. The molecule has 10 unspecified atom stereocenters. The Labute approximate surface area is 697 Å². The molecule has 0 N–H and O–H groups in total. The lowest BCUT2D eigenvalue weighted by Gasteiger charge is -2.44. The third-order valence-corrected chi connectivity index (χ3v) is 28.1. The summed E-state index contributed by atoms with van der Waals surface area (Å²) in [5.41, 5.74) is -0.634. The van der Waals surface area contributed by atoms with Crippen molar-refractivity contribution >= 4 is 53.7 Å². The normalized spacial score (nSPS) is 26.1. The van der Waals surface area contributed by atoms with Crippen LogP contribution in [0.5, 0.6) is 0 Å². The van der Waals surface area contributed by atoms with E-state index in [4.69, 9.17) is 56.8 Å². The van der Waals surface area contributed by atoms with Gasteiger partial charge in [0.15, 0.2) is 0 Å². The minimum absolute atomic E-state index is 0.00854. The van der Waals surface area contributed by atoms with E-state index in [1.165, 1.54) is 12.8 Å². The average Bonchev–Trinajstić information content (AvgIpc) is 1.57. The number of carbonyl (C=O) groups excluding carboxylic acids is 9. The standard InChI is InChI=1S/C16H30O3.C14H20O4.2C14H24O3.C13H22O2.C12H14O4.C12H20O2/c1-7-14(2,3)13(17)19-16(10-8-9-11-16)15(4,5)12-18-6;1-4-14(2,3)13(16)18-10-7-5-8-9(6-7)12(15)17-11(8)10;2*1-11(2)12(15)17-14(8-6-7-9-14)13(3,4)10-16-5;1-10(2)11(14)15-13(12(3,4)5)8-6-7-9-13;1-5(2)11(13)15-9-6-3-7-8(4-6)12(14)16-10(7)9;1-9(2)11(13)14-12(10(3)4)7-5-6-8-12/h7-12H2,1-6H3;7-11H,4-6H2,1-3H3;2*1,6-10H2,2-5H3;1,6-9H2,2-5H3;6-10H,1,3-4H2,2H3;10H,1,5-8H2,2-4H3. The summed E-state index contributed by atoms with van der Waals surface area (Å²) in [5, 5.41) is 0. The highest BCUT2D eigenvalue weighted by Gasteiger charge is 2.65. The van der Waals surface area contributed by atoms with Crippen molar-refractivity contribution in [1.29, 1.82) is 0 Å². The van der Waals surface area contributed by atoms with Gasteiger partial charge in [-0.05, 0) is 235 Å². The summed E-state index contributed by atoms with van der Waals surface area (Å²) in [6.45, 7) is 63.4. The Bertz CT molecular complexity index is 3390. The number of rotatable bonds is 26. The largest absolute Gasteiger partial charge is 0.458 e. The first kappa shape index (κ1) is 100. The van der Waals surface area contributed by atoms with Crippen molar-refractivity contribution in [2.24, 2.45) is 73.9 Å². The van der Waals surface area contributed by atoms with Crippen LogP contribution in [-0.4, -0.2) is 147 Å². The van der Waals surface area contributed by atoms with Crippen molar-refractivity contribution < 1.29 is 100.0 Å². The summed E-state index contributed by atoms with van der Waals surface area (Å²) >= 11 is 0. The Morgan fingerprint density at radius 3 is 0.957 bits per heavy atom. The van der Waals surface area contributed by atoms with Crippen molar-refractivity contribution in [2.75, 3.05) is 41.2 Å². The van der Waals surface area contributed by atoms with Crippen LogP contribution in [0.2, 0.25) is 0 Å². The zero-order valence-electron chi connectivity index (χ0n) is 76.5. The van der Waals surface area contributed by atoms with Gasteiger partial charge in [-0.15, -0.1) is 0 Å². The molecule has 9 aliphatic carbocycles. The Morgan fingerprint density at radius 2 is 0.664 bits per heavy atom. The number of hydrogen-bond donors (Lipinski definition) is 0. The van der Waals surface area contributed by atoms with Crippen LogP contribution in [0.4, 0.5) is 0 Å². The van der Waals surface area contributed by atoms with Gasteiger partial charge in [0.2, 0.25) is 0 Å². The van der Waals surface area contributed by atoms with Crippen LogP contribution in [0.3, 0.4) is 0 Å². The third kappa shape index (κ3) is 23.7. The zero-order chi connectivity index (χ0) is 87.9. The van der Waals surface area contributed by atoms with E-state index in [2.05, 4.69) is 109 Å². The molecule has 10 atom stereocenters. The molecule has 116 heavy (non-hydrogen) atoms. The quantitative estimate of drug-likeness (QED) is 0.0442. The monoisotopic (exact) mass is 1630 g/mol.